The van der Waals surface area contributed by atoms with Gasteiger partial charge in [-0.1, -0.05) is 6.07 Å². The van der Waals surface area contributed by atoms with Gasteiger partial charge in [0, 0.05) is 19.6 Å². The number of aromatic nitrogens is 2. The maximum atomic E-state index is 8.87. The molecular weight excluding hydrogens is 370 g/mol. The molecule has 0 spiro atoms. The lowest BCUT2D eigenvalue weighted by molar-refractivity contribution is 0.354. The molecule has 1 heterocycles. The molecule has 9 nitrogen and oxygen atoms in total. The highest BCUT2D eigenvalue weighted by molar-refractivity contribution is 5.75. The van der Waals surface area contributed by atoms with E-state index in [9.17, 15) is 0 Å². The van der Waals surface area contributed by atoms with Crippen LogP contribution in [0, 0.1) is 22.7 Å². The molecule has 0 fully saturated rings. The number of nitrogens with two attached hydrogens (primary N) is 1. The number of hydrogen-bond donors (Lipinski definition) is 2. The standard InChI is InChI=1S/C20H25N7O2/c1-28-16-6-5-15(13-17(16)29-2)7-10-24-19-18(23)20(26-14-25-19)27(11-3-8-21)12-4-9-22/h5-6,13-14H,3-4,7,10-12,23H2,1-2H3,(H,24,25,26). The van der Waals surface area contributed by atoms with Gasteiger partial charge in [0.1, 0.15) is 12.0 Å². The van der Waals surface area contributed by atoms with Crippen LogP contribution in [0.2, 0.25) is 0 Å². The van der Waals surface area contributed by atoms with Crippen molar-refractivity contribution in [3.8, 4) is 23.6 Å². The van der Waals surface area contributed by atoms with E-state index < -0.39 is 0 Å². The fourth-order valence-corrected chi connectivity index (χ4v) is 2.83. The molecule has 1 aromatic heterocycles. The molecule has 3 N–H and O–H groups in total. The van der Waals surface area contributed by atoms with Crippen LogP contribution in [0.1, 0.15) is 18.4 Å². The van der Waals surface area contributed by atoms with E-state index >= 15 is 0 Å². The van der Waals surface area contributed by atoms with Crippen molar-refractivity contribution in [2.45, 2.75) is 19.3 Å². The number of nitrogens with zero attached hydrogens (tertiary/aromatic N) is 5. The molecule has 0 aliphatic rings. The third kappa shape index (κ3) is 5.88. The predicted octanol–water partition coefficient (Wildman–Crippen LogP) is 2.36. The Morgan fingerprint density at radius 3 is 2.38 bits per heavy atom. The zero-order valence-electron chi connectivity index (χ0n) is 16.7. The third-order valence-electron chi connectivity index (χ3n) is 4.30. The highest BCUT2D eigenvalue weighted by Crippen LogP contribution is 2.28. The lowest BCUT2D eigenvalue weighted by Crippen LogP contribution is -2.27. The number of rotatable bonds is 11. The van der Waals surface area contributed by atoms with Crippen molar-refractivity contribution in [2.24, 2.45) is 0 Å². The van der Waals surface area contributed by atoms with E-state index in [4.69, 9.17) is 25.7 Å². The van der Waals surface area contributed by atoms with Crippen LogP contribution in [-0.4, -0.2) is 43.8 Å². The summed E-state index contributed by atoms with van der Waals surface area (Å²) < 4.78 is 10.6. The van der Waals surface area contributed by atoms with Gasteiger partial charge in [-0.3, -0.25) is 0 Å². The molecule has 2 aromatic rings. The molecule has 0 aliphatic heterocycles. The van der Waals surface area contributed by atoms with Crippen LogP contribution in [0.3, 0.4) is 0 Å². The quantitative estimate of drug-likeness (QED) is 0.588. The third-order valence-corrected chi connectivity index (χ3v) is 4.30. The van der Waals surface area contributed by atoms with Gasteiger partial charge in [0.05, 0.1) is 39.2 Å². The average Bonchev–Trinajstić information content (AvgIpc) is 2.75. The van der Waals surface area contributed by atoms with E-state index in [1.807, 2.05) is 23.1 Å². The molecular formula is C20H25N7O2. The highest BCUT2D eigenvalue weighted by Gasteiger charge is 2.15. The zero-order chi connectivity index (χ0) is 21.1. The fraction of sp³-hybridized carbons (Fsp3) is 0.400. The number of methoxy groups -OCH3 is 2. The van der Waals surface area contributed by atoms with Gasteiger partial charge in [-0.05, 0) is 24.1 Å². The van der Waals surface area contributed by atoms with Crippen LogP contribution in [0.5, 0.6) is 11.5 Å². The number of nitrogens with one attached hydrogen (secondary N) is 1. The second-order valence-corrected chi connectivity index (χ2v) is 6.13. The van der Waals surface area contributed by atoms with Crippen LogP contribution in [0.4, 0.5) is 17.3 Å². The summed E-state index contributed by atoms with van der Waals surface area (Å²) in [5.41, 5.74) is 7.73. The Hall–Kier alpha value is -3.72. The van der Waals surface area contributed by atoms with Crippen molar-refractivity contribution >= 4 is 17.3 Å². The van der Waals surface area contributed by atoms with Crippen molar-refractivity contribution in [1.29, 1.82) is 10.5 Å². The van der Waals surface area contributed by atoms with Crippen molar-refractivity contribution in [1.82, 2.24) is 9.97 Å². The van der Waals surface area contributed by atoms with Crippen molar-refractivity contribution in [2.75, 3.05) is 49.8 Å². The second-order valence-electron chi connectivity index (χ2n) is 6.13. The Labute approximate surface area is 170 Å². The van der Waals surface area contributed by atoms with Crippen molar-refractivity contribution in [3.05, 3.63) is 30.1 Å². The molecule has 0 atom stereocenters. The van der Waals surface area contributed by atoms with Gasteiger partial charge in [0.25, 0.3) is 0 Å². The van der Waals surface area contributed by atoms with E-state index in [-0.39, 0.29) is 0 Å². The number of benzene rings is 1. The van der Waals surface area contributed by atoms with Gasteiger partial charge in [-0.25, -0.2) is 9.97 Å². The SMILES string of the molecule is COc1ccc(CCNc2ncnc(N(CCC#N)CCC#N)c2N)cc1OC. The topological polar surface area (TPSA) is 133 Å². The van der Waals surface area contributed by atoms with Gasteiger partial charge in [0.15, 0.2) is 23.1 Å². The van der Waals surface area contributed by atoms with Gasteiger partial charge in [-0.15, -0.1) is 0 Å². The first-order valence-electron chi connectivity index (χ1n) is 9.18. The summed E-state index contributed by atoms with van der Waals surface area (Å²) in [5.74, 6) is 2.41. The smallest absolute Gasteiger partial charge is 0.160 e. The van der Waals surface area contributed by atoms with Crippen LogP contribution in [0.25, 0.3) is 0 Å². The van der Waals surface area contributed by atoms with Gasteiger partial charge in [-0.2, -0.15) is 10.5 Å². The van der Waals surface area contributed by atoms with E-state index in [1.54, 1.807) is 14.2 Å². The molecule has 0 aliphatic carbocycles. The molecule has 9 heteroatoms. The number of hydrogen-bond acceptors (Lipinski definition) is 9. The normalized spacial score (nSPS) is 9.93. The molecule has 0 saturated carbocycles. The Morgan fingerprint density at radius 2 is 1.76 bits per heavy atom. The molecule has 2 rings (SSSR count). The number of anilines is 3. The van der Waals surface area contributed by atoms with Gasteiger partial charge in [0.2, 0.25) is 0 Å². The zero-order valence-corrected chi connectivity index (χ0v) is 16.7. The lowest BCUT2D eigenvalue weighted by Gasteiger charge is -2.23. The summed E-state index contributed by atoms with van der Waals surface area (Å²) in [7, 11) is 3.21. The molecule has 0 bridgehead atoms. The lowest BCUT2D eigenvalue weighted by atomic mass is 10.1. The summed E-state index contributed by atoms with van der Waals surface area (Å²) >= 11 is 0. The minimum atomic E-state index is 0.316. The van der Waals surface area contributed by atoms with E-state index in [1.165, 1.54) is 6.33 Å². The molecule has 29 heavy (non-hydrogen) atoms. The largest absolute Gasteiger partial charge is 0.493 e. The van der Waals surface area contributed by atoms with Crippen LogP contribution in [-0.2, 0) is 6.42 Å². The van der Waals surface area contributed by atoms with Gasteiger partial charge < -0.3 is 25.4 Å². The monoisotopic (exact) mass is 395 g/mol. The number of nitriles is 2. The van der Waals surface area contributed by atoms with E-state index in [2.05, 4.69) is 27.4 Å². The second kappa shape index (κ2) is 11.2. The Balaban J connectivity index is 2.07. The summed E-state index contributed by atoms with van der Waals surface area (Å²) in [4.78, 5) is 10.3. The molecule has 0 unspecified atom stereocenters. The Bertz CT molecular complexity index is 871. The van der Waals surface area contributed by atoms with Gasteiger partial charge >= 0.3 is 0 Å². The van der Waals surface area contributed by atoms with E-state index in [0.717, 1.165) is 12.0 Å². The summed E-state index contributed by atoms with van der Waals surface area (Å²) in [6.45, 7) is 1.50. The number of ether oxygens (including phenoxy) is 2. The molecule has 152 valence electrons. The first kappa shape index (κ1) is 21.6. The Kier molecular flexibility index (Phi) is 8.33. The average molecular weight is 395 g/mol. The maximum absolute atomic E-state index is 8.87. The van der Waals surface area contributed by atoms with Crippen LogP contribution >= 0.6 is 0 Å². The Morgan fingerprint density at radius 1 is 1.07 bits per heavy atom. The van der Waals surface area contributed by atoms with E-state index in [0.29, 0.717) is 61.3 Å². The van der Waals surface area contributed by atoms with Crippen LogP contribution in [0.15, 0.2) is 24.5 Å². The maximum Gasteiger partial charge on any atom is 0.160 e. The number of nitrogen functional groups attached to an aromatic ring is 1. The summed E-state index contributed by atoms with van der Waals surface area (Å²) in [6.07, 6.45) is 2.79. The predicted molar refractivity (Wildman–Crippen MR) is 111 cm³/mol. The first-order chi connectivity index (χ1) is 14.1. The summed E-state index contributed by atoms with van der Waals surface area (Å²) in [6, 6.07) is 9.99. The molecule has 1 aromatic carbocycles. The first-order valence-corrected chi connectivity index (χ1v) is 9.18. The molecule has 0 radical (unpaired) electrons. The minimum Gasteiger partial charge on any atom is -0.493 e. The fourth-order valence-electron chi connectivity index (χ4n) is 2.83. The minimum absolute atomic E-state index is 0.316. The van der Waals surface area contributed by atoms with Crippen molar-refractivity contribution in [3.63, 3.8) is 0 Å². The highest BCUT2D eigenvalue weighted by atomic mass is 16.5. The summed E-state index contributed by atoms with van der Waals surface area (Å²) in [5, 5.41) is 21.0. The van der Waals surface area contributed by atoms with Crippen molar-refractivity contribution < 1.29 is 9.47 Å². The van der Waals surface area contributed by atoms with Crippen LogP contribution < -0.4 is 25.4 Å². The molecule has 0 amide bonds. The molecule has 0 saturated heterocycles.